The summed E-state index contributed by atoms with van der Waals surface area (Å²) in [7, 11) is 0. The van der Waals surface area contributed by atoms with Crippen LogP contribution in [0.4, 0.5) is 11.4 Å². The summed E-state index contributed by atoms with van der Waals surface area (Å²) < 4.78 is 0. The second kappa shape index (κ2) is 8.16. The molecule has 3 aromatic rings. The Balaban J connectivity index is 1.81. The molecule has 0 atom stereocenters. The van der Waals surface area contributed by atoms with Gasteiger partial charge in [-0.2, -0.15) is 0 Å². The van der Waals surface area contributed by atoms with Gasteiger partial charge in [0, 0.05) is 17.9 Å². The highest BCUT2D eigenvalue weighted by Crippen LogP contribution is 2.26. The van der Waals surface area contributed by atoms with Gasteiger partial charge in [0.2, 0.25) is 0 Å². The molecule has 0 unspecified atom stereocenters. The number of benzene rings is 3. The minimum absolute atomic E-state index is 0.809. The summed E-state index contributed by atoms with van der Waals surface area (Å²) >= 11 is 0. The second-order valence-corrected chi connectivity index (χ2v) is 6.21. The first-order valence-electron chi connectivity index (χ1n) is 8.52. The standard InChI is InChI=1S/C24H23N/c1-20(2)19-25(23-11-7-4-8-12-23)24-17-15-22(16-18-24)14-13-21-9-5-3-6-10-21/h3-18H,1,19H2,2H3/b14-13+. The zero-order chi connectivity index (χ0) is 17.5. The number of para-hydroxylation sites is 1. The third-order valence-electron chi connectivity index (χ3n) is 3.97. The quantitative estimate of drug-likeness (QED) is 0.366. The van der Waals surface area contributed by atoms with E-state index in [-0.39, 0.29) is 0 Å². The molecule has 0 radical (unpaired) electrons. The number of anilines is 2. The number of hydrogen-bond donors (Lipinski definition) is 0. The van der Waals surface area contributed by atoms with Gasteiger partial charge in [0.05, 0.1) is 0 Å². The van der Waals surface area contributed by atoms with E-state index < -0.39 is 0 Å². The van der Waals surface area contributed by atoms with Crippen molar-refractivity contribution >= 4 is 23.5 Å². The van der Waals surface area contributed by atoms with Crippen LogP contribution in [0.1, 0.15) is 18.1 Å². The van der Waals surface area contributed by atoms with Crippen molar-refractivity contribution in [3.8, 4) is 0 Å². The first kappa shape index (κ1) is 16.8. The lowest BCUT2D eigenvalue weighted by Gasteiger charge is -2.25. The summed E-state index contributed by atoms with van der Waals surface area (Å²) in [4.78, 5) is 2.28. The molecule has 0 aliphatic carbocycles. The van der Waals surface area contributed by atoms with Crippen molar-refractivity contribution in [2.24, 2.45) is 0 Å². The van der Waals surface area contributed by atoms with Crippen LogP contribution in [0.5, 0.6) is 0 Å². The fourth-order valence-corrected chi connectivity index (χ4v) is 2.73. The Morgan fingerprint density at radius 2 is 1.20 bits per heavy atom. The van der Waals surface area contributed by atoms with Crippen LogP contribution in [0.3, 0.4) is 0 Å². The summed E-state index contributed by atoms with van der Waals surface area (Å²) in [6.07, 6.45) is 4.28. The molecular weight excluding hydrogens is 302 g/mol. The van der Waals surface area contributed by atoms with Gasteiger partial charge in [0.25, 0.3) is 0 Å². The molecule has 0 N–H and O–H groups in total. The molecular formula is C24H23N. The summed E-state index contributed by atoms with van der Waals surface area (Å²) in [6.45, 7) is 6.94. The highest BCUT2D eigenvalue weighted by Gasteiger charge is 2.08. The molecule has 0 saturated heterocycles. The van der Waals surface area contributed by atoms with Gasteiger partial charge in [-0.25, -0.2) is 0 Å². The van der Waals surface area contributed by atoms with E-state index in [2.05, 4.69) is 103 Å². The summed E-state index contributed by atoms with van der Waals surface area (Å²) in [5.41, 5.74) is 5.89. The van der Waals surface area contributed by atoms with E-state index >= 15 is 0 Å². The molecule has 0 aromatic heterocycles. The normalized spacial score (nSPS) is 10.8. The SMILES string of the molecule is C=C(C)CN(c1ccccc1)c1ccc(/C=C/c2ccccc2)cc1. The first-order chi connectivity index (χ1) is 12.2. The van der Waals surface area contributed by atoms with Crippen molar-refractivity contribution in [3.63, 3.8) is 0 Å². The minimum Gasteiger partial charge on any atom is -0.337 e. The lowest BCUT2D eigenvalue weighted by molar-refractivity contribution is 1.04. The maximum atomic E-state index is 4.07. The lowest BCUT2D eigenvalue weighted by Crippen LogP contribution is -2.18. The van der Waals surface area contributed by atoms with Gasteiger partial charge in [-0.15, -0.1) is 0 Å². The molecule has 3 aromatic carbocycles. The van der Waals surface area contributed by atoms with Crippen LogP contribution in [0, 0.1) is 0 Å². The van der Waals surface area contributed by atoms with Crippen molar-refractivity contribution in [1.82, 2.24) is 0 Å². The topological polar surface area (TPSA) is 3.24 Å². The van der Waals surface area contributed by atoms with Crippen LogP contribution in [-0.2, 0) is 0 Å². The van der Waals surface area contributed by atoms with Gasteiger partial charge < -0.3 is 4.90 Å². The molecule has 0 saturated carbocycles. The maximum absolute atomic E-state index is 4.07. The van der Waals surface area contributed by atoms with Crippen LogP contribution >= 0.6 is 0 Å². The zero-order valence-corrected chi connectivity index (χ0v) is 14.6. The fourth-order valence-electron chi connectivity index (χ4n) is 2.73. The minimum atomic E-state index is 0.809. The molecule has 0 heterocycles. The predicted octanol–water partition coefficient (Wildman–Crippen LogP) is 6.57. The summed E-state index contributed by atoms with van der Waals surface area (Å²) in [5.74, 6) is 0. The van der Waals surface area contributed by atoms with E-state index in [1.165, 1.54) is 22.5 Å². The van der Waals surface area contributed by atoms with Gasteiger partial charge in [-0.1, -0.05) is 85.0 Å². The van der Waals surface area contributed by atoms with E-state index in [1.807, 2.05) is 12.1 Å². The van der Waals surface area contributed by atoms with Gasteiger partial charge in [0.1, 0.15) is 0 Å². The predicted molar refractivity (Wildman–Crippen MR) is 110 cm³/mol. The highest BCUT2D eigenvalue weighted by molar-refractivity contribution is 5.72. The average molecular weight is 325 g/mol. The highest BCUT2D eigenvalue weighted by atomic mass is 15.1. The largest absolute Gasteiger partial charge is 0.337 e. The Labute approximate surface area is 150 Å². The van der Waals surface area contributed by atoms with E-state index in [1.54, 1.807) is 0 Å². The molecule has 3 rings (SSSR count). The van der Waals surface area contributed by atoms with Crippen molar-refractivity contribution in [2.45, 2.75) is 6.92 Å². The molecule has 0 amide bonds. The molecule has 0 aliphatic rings. The molecule has 1 heteroatoms. The van der Waals surface area contributed by atoms with Crippen molar-refractivity contribution in [2.75, 3.05) is 11.4 Å². The van der Waals surface area contributed by atoms with Gasteiger partial charge in [0.15, 0.2) is 0 Å². The van der Waals surface area contributed by atoms with E-state index in [0.717, 1.165) is 12.1 Å². The number of nitrogens with zero attached hydrogens (tertiary/aromatic N) is 1. The van der Waals surface area contributed by atoms with Crippen LogP contribution < -0.4 is 4.90 Å². The van der Waals surface area contributed by atoms with Crippen LogP contribution in [-0.4, -0.2) is 6.54 Å². The van der Waals surface area contributed by atoms with Crippen LogP contribution in [0.15, 0.2) is 97.1 Å². The summed E-state index contributed by atoms with van der Waals surface area (Å²) in [6, 6.07) is 29.4. The monoisotopic (exact) mass is 325 g/mol. The lowest BCUT2D eigenvalue weighted by atomic mass is 10.1. The third kappa shape index (κ3) is 4.71. The molecule has 0 bridgehead atoms. The Hall–Kier alpha value is -3.06. The molecule has 1 nitrogen and oxygen atoms in total. The average Bonchev–Trinajstić information content (AvgIpc) is 2.66. The van der Waals surface area contributed by atoms with Gasteiger partial charge in [-0.3, -0.25) is 0 Å². The van der Waals surface area contributed by atoms with Crippen LogP contribution in [0.2, 0.25) is 0 Å². The maximum Gasteiger partial charge on any atom is 0.0436 e. The zero-order valence-electron chi connectivity index (χ0n) is 14.6. The van der Waals surface area contributed by atoms with E-state index in [0.29, 0.717) is 0 Å². The number of hydrogen-bond acceptors (Lipinski definition) is 1. The Bertz CT molecular complexity index is 830. The first-order valence-corrected chi connectivity index (χ1v) is 8.52. The van der Waals surface area contributed by atoms with Gasteiger partial charge >= 0.3 is 0 Å². The van der Waals surface area contributed by atoms with E-state index in [4.69, 9.17) is 0 Å². The number of rotatable bonds is 6. The van der Waals surface area contributed by atoms with Gasteiger partial charge in [-0.05, 0) is 42.3 Å². The molecule has 0 aliphatic heterocycles. The Morgan fingerprint density at radius 3 is 1.76 bits per heavy atom. The third-order valence-corrected chi connectivity index (χ3v) is 3.97. The Kier molecular flexibility index (Phi) is 5.48. The molecule has 124 valence electrons. The van der Waals surface area contributed by atoms with Crippen LogP contribution in [0.25, 0.3) is 12.2 Å². The fraction of sp³-hybridized carbons (Fsp3) is 0.0833. The Morgan fingerprint density at radius 1 is 0.720 bits per heavy atom. The second-order valence-electron chi connectivity index (χ2n) is 6.21. The smallest absolute Gasteiger partial charge is 0.0436 e. The summed E-state index contributed by atoms with van der Waals surface area (Å²) in [5, 5.41) is 0. The molecule has 25 heavy (non-hydrogen) atoms. The van der Waals surface area contributed by atoms with Crippen molar-refractivity contribution in [3.05, 3.63) is 108 Å². The van der Waals surface area contributed by atoms with Crippen molar-refractivity contribution in [1.29, 1.82) is 0 Å². The van der Waals surface area contributed by atoms with E-state index in [9.17, 15) is 0 Å². The molecule has 0 fully saturated rings. The van der Waals surface area contributed by atoms with Crippen molar-refractivity contribution < 1.29 is 0 Å². The molecule has 0 spiro atoms.